The number of aryl methyl sites for hydroxylation is 1. The Morgan fingerprint density at radius 1 is 1.19 bits per heavy atom. The summed E-state index contributed by atoms with van der Waals surface area (Å²) in [5.74, 6) is -0.686. The highest BCUT2D eigenvalue weighted by atomic mass is 35.5. The van der Waals surface area contributed by atoms with E-state index < -0.39 is 15.8 Å². The van der Waals surface area contributed by atoms with Gasteiger partial charge in [-0.3, -0.25) is 0 Å². The van der Waals surface area contributed by atoms with Crippen LogP contribution >= 0.6 is 11.6 Å². The lowest BCUT2D eigenvalue weighted by Gasteiger charge is -2.07. The molecule has 0 N–H and O–H groups in total. The minimum absolute atomic E-state index is 0.0991. The minimum atomic E-state index is -3.80. The van der Waals surface area contributed by atoms with Crippen LogP contribution in [0, 0.1) is 12.7 Å². The molecule has 0 aliphatic carbocycles. The molecule has 0 atom stereocenters. The number of nitrogens with zero attached hydrogens (tertiary/aromatic N) is 2. The standard InChI is InChI=1S/C14H10ClFN2O2S/c1-9-2-4-10(5-3-9)21(19,20)18-7-6-11-13(15)12(16)8-17-14(11)18/h2-8H,1H3. The van der Waals surface area contributed by atoms with Gasteiger partial charge in [-0.1, -0.05) is 29.3 Å². The van der Waals surface area contributed by atoms with Crippen molar-refractivity contribution in [3.8, 4) is 0 Å². The molecule has 3 rings (SSSR count). The maximum atomic E-state index is 13.4. The van der Waals surface area contributed by atoms with Crippen LogP contribution in [0.15, 0.2) is 47.6 Å². The fraction of sp³-hybridized carbons (Fsp3) is 0.0714. The Bertz CT molecular complexity index is 934. The summed E-state index contributed by atoms with van der Waals surface area (Å²) in [5, 5.41) is 0.116. The summed E-state index contributed by atoms with van der Waals surface area (Å²) in [6.45, 7) is 1.87. The van der Waals surface area contributed by atoms with Crippen molar-refractivity contribution < 1.29 is 12.8 Å². The molecule has 21 heavy (non-hydrogen) atoms. The summed E-state index contributed by atoms with van der Waals surface area (Å²) < 4.78 is 39.6. The quantitative estimate of drug-likeness (QED) is 0.726. The first-order valence-corrected chi connectivity index (χ1v) is 7.86. The SMILES string of the molecule is Cc1ccc(S(=O)(=O)n2ccc3c(Cl)c(F)cnc32)cc1. The molecule has 2 aromatic heterocycles. The van der Waals surface area contributed by atoms with E-state index in [2.05, 4.69) is 4.98 Å². The van der Waals surface area contributed by atoms with Crippen LogP contribution in [0.2, 0.25) is 5.02 Å². The molecule has 0 radical (unpaired) electrons. The van der Waals surface area contributed by atoms with E-state index in [0.717, 1.165) is 15.7 Å². The molecule has 7 heteroatoms. The van der Waals surface area contributed by atoms with Gasteiger partial charge in [-0.05, 0) is 25.1 Å². The Morgan fingerprint density at radius 3 is 2.52 bits per heavy atom. The Hall–Kier alpha value is -1.92. The summed E-state index contributed by atoms with van der Waals surface area (Å²) in [6.07, 6.45) is 2.23. The second-order valence-electron chi connectivity index (χ2n) is 4.59. The van der Waals surface area contributed by atoms with Crippen molar-refractivity contribution in [3.05, 3.63) is 59.1 Å². The van der Waals surface area contributed by atoms with E-state index >= 15 is 0 Å². The smallest absolute Gasteiger partial charge is 0.234 e. The lowest BCUT2D eigenvalue weighted by molar-refractivity contribution is 0.588. The van der Waals surface area contributed by atoms with Gasteiger partial charge in [0.05, 0.1) is 16.1 Å². The summed E-state index contributed by atoms with van der Waals surface area (Å²) in [6, 6.07) is 7.88. The molecule has 0 aliphatic heterocycles. The summed E-state index contributed by atoms with van der Waals surface area (Å²) >= 11 is 5.83. The predicted octanol–water partition coefficient (Wildman–Crippen LogP) is 3.37. The fourth-order valence-electron chi connectivity index (χ4n) is 2.02. The zero-order chi connectivity index (χ0) is 15.2. The summed E-state index contributed by atoms with van der Waals surface area (Å²) in [7, 11) is -3.80. The van der Waals surface area contributed by atoms with Crippen LogP contribution in [0.3, 0.4) is 0 Å². The topological polar surface area (TPSA) is 52.0 Å². The molecule has 108 valence electrons. The van der Waals surface area contributed by atoms with Crippen molar-refractivity contribution >= 4 is 32.7 Å². The predicted molar refractivity (Wildman–Crippen MR) is 78.5 cm³/mol. The second kappa shape index (κ2) is 4.82. The highest BCUT2D eigenvalue weighted by Crippen LogP contribution is 2.27. The van der Waals surface area contributed by atoms with Crippen LogP contribution in [0.25, 0.3) is 11.0 Å². The van der Waals surface area contributed by atoms with E-state index in [0.29, 0.717) is 0 Å². The Labute approximate surface area is 125 Å². The monoisotopic (exact) mass is 324 g/mol. The Kier molecular flexibility index (Phi) is 3.22. The van der Waals surface area contributed by atoms with Gasteiger partial charge in [-0.15, -0.1) is 0 Å². The zero-order valence-corrected chi connectivity index (χ0v) is 12.5. The van der Waals surface area contributed by atoms with E-state index in [9.17, 15) is 12.8 Å². The van der Waals surface area contributed by atoms with Crippen LogP contribution in [0.4, 0.5) is 4.39 Å². The maximum Gasteiger partial charge on any atom is 0.269 e. The van der Waals surface area contributed by atoms with Crippen molar-refractivity contribution in [1.82, 2.24) is 8.96 Å². The normalized spacial score (nSPS) is 12.0. The van der Waals surface area contributed by atoms with Gasteiger partial charge in [0.25, 0.3) is 10.0 Å². The third-order valence-electron chi connectivity index (χ3n) is 3.15. The van der Waals surface area contributed by atoms with Crippen molar-refractivity contribution in [2.45, 2.75) is 11.8 Å². The first-order chi connectivity index (χ1) is 9.91. The van der Waals surface area contributed by atoms with Crippen LogP contribution in [-0.4, -0.2) is 17.4 Å². The maximum absolute atomic E-state index is 13.4. The number of hydrogen-bond acceptors (Lipinski definition) is 3. The van der Waals surface area contributed by atoms with E-state index in [-0.39, 0.29) is 21.0 Å². The van der Waals surface area contributed by atoms with Gasteiger partial charge in [-0.2, -0.15) is 0 Å². The highest BCUT2D eigenvalue weighted by molar-refractivity contribution is 7.90. The average Bonchev–Trinajstić information content (AvgIpc) is 2.89. The van der Waals surface area contributed by atoms with Crippen molar-refractivity contribution in [3.63, 3.8) is 0 Å². The van der Waals surface area contributed by atoms with Gasteiger partial charge >= 0.3 is 0 Å². The van der Waals surface area contributed by atoms with Gasteiger partial charge in [0, 0.05) is 11.6 Å². The number of aromatic nitrogens is 2. The largest absolute Gasteiger partial charge is 0.269 e. The van der Waals surface area contributed by atoms with Gasteiger partial charge in [-0.25, -0.2) is 21.8 Å². The molecule has 0 aliphatic rings. The lowest BCUT2D eigenvalue weighted by Crippen LogP contribution is -2.12. The molecule has 0 saturated carbocycles. The number of fused-ring (bicyclic) bond motifs is 1. The Balaban J connectivity index is 2.25. The minimum Gasteiger partial charge on any atom is -0.234 e. The molecule has 0 fully saturated rings. The van der Waals surface area contributed by atoms with E-state index in [4.69, 9.17) is 11.6 Å². The molecule has 0 unspecified atom stereocenters. The average molecular weight is 325 g/mol. The fourth-order valence-corrected chi connectivity index (χ4v) is 3.52. The van der Waals surface area contributed by atoms with Crippen LogP contribution in [0.1, 0.15) is 5.56 Å². The van der Waals surface area contributed by atoms with Crippen LogP contribution in [0.5, 0.6) is 0 Å². The van der Waals surface area contributed by atoms with Crippen molar-refractivity contribution in [2.75, 3.05) is 0 Å². The van der Waals surface area contributed by atoms with E-state index in [1.165, 1.54) is 24.4 Å². The first kappa shape index (κ1) is 14.0. The van der Waals surface area contributed by atoms with Gasteiger partial charge in [0.15, 0.2) is 11.5 Å². The third-order valence-corrected chi connectivity index (χ3v) is 5.21. The van der Waals surface area contributed by atoms with Gasteiger partial charge in [0.1, 0.15) is 0 Å². The first-order valence-electron chi connectivity index (χ1n) is 6.04. The molecule has 0 spiro atoms. The van der Waals surface area contributed by atoms with E-state index in [1.54, 1.807) is 12.1 Å². The second-order valence-corrected chi connectivity index (χ2v) is 6.78. The van der Waals surface area contributed by atoms with Gasteiger partial charge < -0.3 is 0 Å². The molecule has 2 heterocycles. The van der Waals surface area contributed by atoms with Crippen LogP contribution < -0.4 is 0 Å². The van der Waals surface area contributed by atoms with Crippen molar-refractivity contribution in [2.24, 2.45) is 0 Å². The number of rotatable bonds is 2. The molecular weight excluding hydrogens is 315 g/mol. The number of hydrogen-bond donors (Lipinski definition) is 0. The summed E-state index contributed by atoms with van der Waals surface area (Å²) in [4.78, 5) is 3.97. The lowest BCUT2D eigenvalue weighted by atomic mass is 10.2. The molecule has 4 nitrogen and oxygen atoms in total. The zero-order valence-electron chi connectivity index (χ0n) is 10.9. The molecule has 0 bridgehead atoms. The molecular formula is C14H10ClFN2O2S. The van der Waals surface area contributed by atoms with Crippen LogP contribution in [-0.2, 0) is 10.0 Å². The number of halogens is 2. The molecule has 0 amide bonds. The molecule has 1 aromatic carbocycles. The molecule has 3 aromatic rings. The highest BCUT2D eigenvalue weighted by Gasteiger charge is 2.21. The molecule has 0 saturated heterocycles. The van der Waals surface area contributed by atoms with E-state index in [1.807, 2.05) is 6.92 Å². The van der Waals surface area contributed by atoms with Gasteiger partial charge in [0.2, 0.25) is 0 Å². The number of pyridine rings is 1. The Morgan fingerprint density at radius 2 is 1.86 bits per heavy atom. The third kappa shape index (κ3) is 2.20. The van der Waals surface area contributed by atoms with Crippen molar-refractivity contribution in [1.29, 1.82) is 0 Å². The number of benzene rings is 1. The summed E-state index contributed by atoms with van der Waals surface area (Å²) in [5.41, 5.74) is 1.05.